The molecule has 3 heterocycles. The highest BCUT2D eigenvalue weighted by Crippen LogP contribution is 2.43. The minimum absolute atomic E-state index is 0.0131. The summed E-state index contributed by atoms with van der Waals surface area (Å²) < 4.78 is 6.14. The molecule has 2 aliphatic heterocycles. The SMILES string of the molecule is NC(c1ccncc1Cl)C1CCOC2(CCSCC2)C1. The molecule has 1 aromatic heterocycles. The van der Waals surface area contributed by atoms with E-state index in [1.54, 1.807) is 12.4 Å². The zero-order valence-corrected chi connectivity index (χ0v) is 13.1. The average molecular weight is 313 g/mol. The molecule has 2 fully saturated rings. The van der Waals surface area contributed by atoms with E-state index in [2.05, 4.69) is 4.98 Å². The fourth-order valence-corrected chi connectivity index (χ4v) is 4.86. The third-order valence-electron chi connectivity index (χ3n) is 4.61. The van der Waals surface area contributed by atoms with E-state index in [4.69, 9.17) is 22.1 Å². The molecule has 0 saturated carbocycles. The van der Waals surface area contributed by atoms with Crippen molar-refractivity contribution in [1.29, 1.82) is 0 Å². The van der Waals surface area contributed by atoms with Crippen molar-refractivity contribution in [2.24, 2.45) is 11.7 Å². The van der Waals surface area contributed by atoms with Crippen LogP contribution >= 0.6 is 23.4 Å². The van der Waals surface area contributed by atoms with Crippen molar-refractivity contribution < 1.29 is 4.74 Å². The van der Waals surface area contributed by atoms with Crippen molar-refractivity contribution in [3.05, 3.63) is 29.0 Å². The quantitative estimate of drug-likeness (QED) is 0.909. The topological polar surface area (TPSA) is 48.1 Å². The first-order valence-corrected chi connectivity index (χ1v) is 8.80. The van der Waals surface area contributed by atoms with Crippen LogP contribution in [0.3, 0.4) is 0 Å². The number of aromatic nitrogens is 1. The average Bonchev–Trinajstić information content (AvgIpc) is 2.48. The Morgan fingerprint density at radius 1 is 1.45 bits per heavy atom. The van der Waals surface area contributed by atoms with Crippen LogP contribution in [0.25, 0.3) is 0 Å². The number of ether oxygens (including phenoxy) is 1. The van der Waals surface area contributed by atoms with Gasteiger partial charge in [-0.05, 0) is 54.7 Å². The van der Waals surface area contributed by atoms with Gasteiger partial charge in [-0.15, -0.1) is 0 Å². The van der Waals surface area contributed by atoms with E-state index >= 15 is 0 Å². The van der Waals surface area contributed by atoms with Crippen LogP contribution in [0.1, 0.15) is 37.3 Å². The highest BCUT2D eigenvalue weighted by molar-refractivity contribution is 7.99. The summed E-state index contributed by atoms with van der Waals surface area (Å²) in [6.45, 7) is 0.825. The second-order valence-electron chi connectivity index (χ2n) is 5.82. The lowest BCUT2D eigenvalue weighted by atomic mass is 9.77. The molecule has 2 atom stereocenters. The third-order valence-corrected chi connectivity index (χ3v) is 5.91. The number of nitrogens with two attached hydrogens (primary N) is 1. The predicted molar refractivity (Wildman–Crippen MR) is 84.1 cm³/mol. The Bertz CT molecular complexity index is 459. The maximum absolute atomic E-state index is 6.49. The normalized spacial score (nSPS) is 27.4. The number of rotatable bonds is 2. The molecule has 1 spiro atoms. The molecule has 2 unspecified atom stereocenters. The van der Waals surface area contributed by atoms with E-state index in [1.165, 1.54) is 11.5 Å². The molecule has 0 aliphatic carbocycles. The molecule has 3 rings (SSSR count). The van der Waals surface area contributed by atoms with Crippen molar-refractivity contribution in [3.63, 3.8) is 0 Å². The Hall–Kier alpha value is -0.290. The van der Waals surface area contributed by atoms with Gasteiger partial charge < -0.3 is 10.5 Å². The van der Waals surface area contributed by atoms with Gasteiger partial charge in [0, 0.05) is 25.0 Å². The van der Waals surface area contributed by atoms with Crippen molar-refractivity contribution in [2.45, 2.75) is 37.3 Å². The van der Waals surface area contributed by atoms with Gasteiger partial charge in [0.25, 0.3) is 0 Å². The Morgan fingerprint density at radius 2 is 2.25 bits per heavy atom. The summed E-state index contributed by atoms with van der Waals surface area (Å²) in [6.07, 6.45) is 7.86. The summed E-state index contributed by atoms with van der Waals surface area (Å²) in [4.78, 5) is 4.04. The van der Waals surface area contributed by atoms with E-state index in [0.717, 1.165) is 37.9 Å². The standard InChI is InChI=1S/C15H21ClN2OS/c16-13-10-18-5-1-12(13)14(17)11-2-6-19-15(9-11)3-7-20-8-4-15/h1,5,10-11,14H,2-4,6-9,17H2. The number of pyridine rings is 1. The smallest absolute Gasteiger partial charge is 0.0701 e. The zero-order valence-electron chi connectivity index (χ0n) is 11.6. The Labute approximate surface area is 129 Å². The lowest BCUT2D eigenvalue weighted by Crippen LogP contribution is -2.45. The molecule has 1 aromatic rings. The number of thioether (sulfide) groups is 1. The largest absolute Gasteiger partial charge is 0.375 e. The van der Waals surface area contributed by atoms with Crippen molar-refractivity contribution >= 4 is 23.4 Å². The molecule has 0 amide bonds. The number of halogens is 1. The van der Waals surface area contributed by atoms with E-state index in [0.29, 0.717) is 10.9 Å². The third kappa shape index (κ3) is 2.98. The van der Waals surface area contributed by atoms with Crippen LogP contribution in [-0.4, -0.2) is 28.7 Å². The van der Waals surface area contributed by atoms with Gasteiger partial charge in [0.2, 0.25) is 0 Å². The van der Waals surface area contributed by atoms with Crippen molar-refractivity contribution in [3.8, 4) is 0 Å². The second kappa shape index (κ2) is 6.22. The number of nitrogens with zero attached hydrogens (tertiary/aromatic N) is 1. The lowest BCUT2D eigenvalue weighted by Gasteiger charge is -2.44. The van der Waals surface area contributed by atoms with Gasteiger partial charge in [-0.1, -0.05) is 11.6 Å². The van der Waals surface area contributed by atoms with Crippen LogP contribution in [0.15, 0.2) is 18.5 Å². The maximum Gasteiger partial charge on any atom is 0.0701 e. The zero-order chi connectivity index (χ0) is 14.0. The van der Waals surface area contributed by atoms with Gasteiger partial charge in [0.05, 0.1) is 10.6 Å². The molecule has 2 saturated heterocycles. The first-order chi connectivity index (χ1) is 9.70. The van der Waals surface area contributed by atoms with Gasteiger partial charge in [-0.25, -0.2) is 0 Å². The fourth-order valence-electron chi connectivity index (χ4n) is 3.37. The van der Waals surface area contributed by atoms with Gasteiger partial charge in [0.1, 0.15) is 0 Å². The molecule has 5 heteroatoms. The number of hydrogen-bond donors (Lipinski definition) is 1. The van der Waals surface area contributed by atoms with E-state index in [9.17, 15) is 0 Å². The molecule has 0 aromatic carbocycles. The highest BCUT2D eigenvalue weighted by Gasteiger charge is 2.40. The van der Waals surface area contributed by atoms with Gasteiger partial charge >= 0.3 is 0 Å². The molecule has 0 radical (unpaired) electrons. The highest BCUT2D eigenvalue weighted by atomic mass is 35.5. The molecule has 2 N–H and O–H groups in total. The Balaban J connectivity index is 1.75. The van der Waals surface area contributed by atoms with E-state index in [-0.39, 0.29) is 11.6 Å². The monoisotopic (exact) mass is 312 g/mol. The lowest BCUT2D eigenvalue weighted by molar-refractivity contribution is -0.105. The summed E-state index contributed by atoms with van der Waals surface area (Å²) in [6, 6.07) is 1.94. The van der Waals surface area contributed by atoms with Crippen LogP contribution in [0.5, 0.6) is 0 Å². The summed E-state index contributed by atoms with van der Waals surface area (Å²) in [5.41, 5.74) is 7.58. The summed E-state index contributed by atoms with van der Waals surface area (Å²) in [7, 11) is 0. The summed E-state index contributed by atoms with van der Waals surface area (Å²) in [5.74, 6) is 2.86. The predicted octanol–water partition coefficient (Wildman–Crippen LogP) is 3.43. The first kappa shape index (κ1) is 14.6. The molecule has 3 nitrogen and oxygen atoms in total. The van der Waals surface area contributed by atoms with Crippen LogP contribution < -0.4 is 5.73 Å². The molecule has 2 aliphatic rings. The van der Waals surface area contributed by atoms with Gasteiger partial charge in [-0.2, -0.15) is 11.8 Å². The van der Waals surface area contributed by atoms with Crippen molar-refractivity contribution in [1.82, 2.24) is 4.98 Å². The van der Waals surface area contributed by atoms with E-state index in [1.807, 2.05) is 17.8 Å². The fraction of sp³-hybridized carbons (Fsp3) is 0.667. The van der Waals surface area contributed by atoms with Gasteiger partial charge in [-0.3, -0.25) is 4.98 Å². The molecule has 20 heavy (non-hydrogen) atoms. The minimum atomic E-state index is -0.0131. The first-order valence-electron chi connectivity index (χ1n) is 7.27. The maximum atomic E-state index is 6.49. The van der Waals surface area contributed by atoms with Crippen LogP contribution in [0.4, 0.5) is 0 Å². The van der Waals surface area contributed by atoms with Crippen LogP contribution in [-0.2, 0) is 4.74 Å². The minimum Gasteiger partial charge on any atom is -0.375 e. The van der Waals surface area contributed by atoms with Crippen molar-refractivity contribution in [2.75, 3.05) is 18.1 Å². The Morgan fingerprint density at radius 3 is 3.00 bits per heavy atom. The summed E-state index contributed by atoms with van der Waals surface area (Å²) >= 11 is 8.27. The van der Waals surface area contributed by atoms with Gasteiger partial charge in [0.15, 0.2) is 0 Å². The molecule has 0 bridgehead atoms. The second-order valence-corrected chi connectivity index (χ2v) is 7.45. The molecular weight excluding hydrogens is 292 g/mol. The molecule has 110 valence electrons. The van der Waals surface area contributed by atoms with Crippen LogP contribution in [0, 0.1) is 5.92 Å². The summed E-state index contributed by atoms with van der Waals surface area (Å²) in [5, 5.41) is 0.680. The van der Waals surface area contributed by atoms with Crippen LogP contribution in [0.2, 0.25) is 5.02 Å². The molecular formula is C15H21ClN2OS. The van der Waals surface area contributed by atoms with E-state index < -0.39 is 0 Å². The number of hydrogen-bond acceptors (Lipinski definition) is 4. The Kier molecular flexibility index (Phi) is 4.55.